The highest BCUT2D eigenvalue weighted by Gasteiger charge is 2.35. The van der Waals surface area contributed by atoms with Crippen molar-refractivity contribution in [2.45, 2.75) is 99.8 Å². The molecule has 3 rings (SSSR count). The fraction of sp³-hybridized carbons (Fsp3) is 0.439. The van der Waals surface area contributed by atoms with Crippen LogP contribution in [0.15, 0.2) is 0 Å². The van der Waals surface area contributed by atoms with E-state index < -0.39 is 236 Å². The second kappa shape index (κ2) is 52.5. The SMILES string of the molecule is CC(=O)OCC(CNC(=O)c1c(I)c(NC(=O)OCCOC(=O)Nc2c(I)c(C(=O)NCC(COC(C)=O)OC(C)=O)c(I)c(C(=O)NCC(COC(C)=O)OC(C)=O)c2I)c(I)c(NC(=O)OCCOC(=O)Nc2c(I)c(C(=O)NCC(COC(C)=O)OC(C)=O)c(I)c(C(=O)NCC(COC(C)=O)OC(C)=O)c2I)c1I)OC(C)=O. The summed E-state index contributed by atoms with van der Waals surface area (Å²) in [4.78, 5) is 244. The average molecular weight is 2660 g/mol. The lowest BCUT2D eigenvalue weighted by Gasteiger charge is -2.22. The van der Waals surface area contributed by atoms with Gasteiger partial charge in [-0.1, -0.05) is 0 Å². The molecule has 0 saturated heterocycles. The minimum Gasteiger partial charge on any atom is -0.462 e. The molecule has 51 heteroatoms. The molecular formula is C66H72I9N9O33. The van der Waals surface area contributed by atoms with E-state index >= 15 is 0 Å². The van der Waals surface area contributed by atoms with Gasteiger partial charge >= 0.3 is 84.1 Å². The zero-order chi connectivity index (χ0) is 88.4. The largest absolute Gasteiger partial charge is 0.462 e. The molecule has 0 aromatic heterocycles. The maximum absolute atomic E-state index is 14.3. The van der Waals surface area contributed by atoms with Crippen LogP contribution in [0.5, 0.6) is 0 Å². The van der Waals surface area contributed by atoms with E-state index in [1.165, 1.54) is 0 Å². The van der Waals surface area contributed by atoms with E-state index in [0.717, 1.165) is 69.2 Å². The van der Waals surface area contributed by atoms with Crippen LogP contribution >= 0.6 is 203 Å². The van der Waals surface area contributed by atoms with Crippen molar-refractivity contribution in [1.82, 2.24) is 26.6 Å². The van der Waals surface area contributed by atoms with Gasteiger partial charge in [-0.25, -0.2) is 19.2 Å². The fourth-order valence-corrected chi connectivity index (χ4v) is 21.9. The minimum absolute atomic E-state index is 0.000313. The number of anilines is 4. The lowest BCUT2D eigenvalue weighted by Crippen LogP contribution is -2.40. The summed E-state index contributed by atoms with van der Waals surface area (Å²) < 4.78 is 72.4. The molecule has 117 heavy (non-hydrogen) atoms. The summed E-state index contributed by atoms with van der Waals surface area (Å²) in [7, 11) is 0. The first kappa shape index (κ1) is 105. The van der Waals surface area contributed by atoms with Crippen LogP contribution < -0.4 is 47.9 Å². The van der Waals surface area contributed by atoms with Gasteiger partial charge in [-0.15, -0.1) is 0 Å². The smallest absolute Gasteiger partial charge is 0.411 e. The Kier molecular flexibility index (Phi) is 46.9. The van der Waals surface area contributed by atoms with E-state index in [1.54, 1.807) is 203 Å². The van der Waals surface area contributed by atoms with Crippen molar-refractivity contribution in [3.05, 3.63) is 59.9 Å². The van der Waals surface area contributed by atoms with Crippen LogP contribution in [0.2, 0.25) is 0 Å². The van der Waals surface area contributed by atoms with Gasteiger partial charge in [0.15, 0.2) is 30.5 Å². The van der Waals surface area contributed by atoms with Crippen molar-refractivity contribution >= 4 is 340 Å². The van der Waals surface area contributed by atoms with Crippen LogP contribution in [-0.2, 0) is 114 Å². The third kappa shape index (κ3) is 36.7. The maximum atomic E-state index is 14.3. The summed E-state index contributed by atoms with van der Waals surface area (Å²) in [5, 5.41) is 22.7. The molecule has 3 aromatic carbocycles. The molecule has 3 aromatic rings. The van der Waals surface area contributed by atoms with E-state index in [4.69, 9.17) is 66.3 Å². The number of hydrogen-bond donors (Lipinski definition) is 9. The number of ether oxygens (including phenoxy) is 14. The standard InChI is InChI=1S/C66H72I9N9O33/c1-25(85)108-20-35(113-30(6)90)15-76-58(95)40-45(67)41(59(96)77-16-36(114-31(7)91)21-109-26(2)86)48(70)54(47(40)69)81-63(100)104-11-13-106-65(102)83-56-51(73)44(62(99)80-19-39(117-34(10)94)24-112-29(5)89)52(74)57(53(56)75)84-66(103)107-14-12-105-64(101)82-55-49(71)42(60(97)78-17-37(115-32(8)92)22-110-27(3)87)46(68)43(50(55)72)61(98)79-18-38(116-33(9)93)23-111-28(4)88/h35-39H,11-24H2,1-10H3,(H,76,95)(H,77,96)(H,78,97)(H,79,98)(H,80,99)(H,81,100)(H,82,101)(H,83,102)(H,84,103). The van der Waals surface area contributed by atoms with Gasteiger partial charge in [0, 0.05) is 76.4 Å². The Morgan fingerprint density at radius 1 is 0.222 bits per heavy atom. The number of carbonyl (C=O) groups excluding carboxylic acids is 19. The monoisotopic (exact) mass is 2660 g/mol. The molecule has 0 spiro atoms. The summed E-state index contributed by atoms with van der Waals surface area (Å²) in [6.45, 7) is 3.64. The molecule has 42 nitrogen and oxygen atoms in total. The highest BCUT2D eigenvalue weighted by Crippen LogP contribution is 2.41. The van der Waals surface area contributed by atoms with E-state index in [1.807, 2.05) is 0 Å². The Labute approximate surface area is 787 Å². The summed E-state index contributed by atoms with van der Waals surface area (Å²) in [6, 6.07) is 0. The van der Waals surface area contributed by atoms with Crippen LogP contribution in [0.4, 0.5) is 41.9 Å². The van der Waals surface area contributed by atoms with Crippen LogP contribution in [0.25, 0.3) is 0 Å². The van der Waals surface area contributed by atoms with Gasteiger partial charge in [0.1, 0.15) is 59.5 Å². The first-order chi connectivity index (χ1) is 54.8. The minimum atomic E-state index is -1.25. The fourth-order valence-electron chi connectivity index (χ4n) is 8.89. The highest BCUT2D eigenvalue weighted by molar-refractivity contribution is 14.1. The number of rotatable bonds is 40. The number of carbonyl (C=O) groups is 19. The molecule has 0 heterocycles. The third-order valence-electron chi connectivity index (χ3n) is 13.6. The van der Waals surface area contributed by atoms with E-state index in [0.29, 0.717) is 0 Å². The van der Waals surface area contributed by atoms with Crippen LogP contribution in [0, 0.1) is 32.1 Å². The van der Waals surface area contributed by atoms with E-state index in [2.05, 4.69) is 47.9 Å². The summed E-state index contributed by atoms with van der Waals surface area (Å²) >= 11 is 15.4. The summed E-state index contributed by atoms with van der Waals surface area (Å²) in [5.41, 5.74) is -1.82. The molecule has 0 aliphatic heterocycles. The molecule has 0 saturated carbocycles. The number of nitrogens with one attached hydrogen (secondary N) is 9. The highest BCUT2D eigenvalue weighted by atomic mass is 127. The first-order valence-corrected chi connectivity index (χ1v) is 42.8. The molecule has 0 fully saturated rings. The normalized spacial score (nSPS) is 11.8. The molecule has 642 valence electrons. The number of esters is 10. The molecule has 9 N–H and O–H groups in total. The summed E-state index contributed by atoms with van der Waals surface area (Å²) in [6.07, 6.45) is -10.9. The quantitative estimate of drug-likeness (QED) is 0.0122. The topological polar surface area (TPSA) is 562 Å². The number of halogens is 9. The predicted octanol–water partition coefficient (Wildman–Crippen LogP) is 6.85. The molecule has 0 aliphatic carbocycles. The molecule has 5 unspecified atom stereocenters. The number of benzene rings is 3. The Hall–Kier alpha value is -6.64. The van der Waals surface area contributed by atoms with Gasteiger partial charge in [0.05, 0.1) is 108 Å². The van der Waals surface area contributed by atoms with Crippen LogP contribution in [0.3, 0.4) is 0 Å². The van der Waals surface area contributed by atoms with Crippen LogP contribution in [-0.4, -0.2) is 236 Å². The number of hydrogen-bond acceptors (Lipinski definition) is 33. The first-order valence-electron chi connectivity index (χ1n) is 33.1. The second-order valence-electron chi connectivity index (χ2n) is 23.0. The van der Waals surface area contributed by atoms with Gasteiger partial charge < -0.3 is 92.9 Å². The van der Waals surface area contributed by atoms with Gasteiger partial charge in [-0.3, -0.25) is 93.2 Å². The van der Waals surface area contributed by atoms with E-state index in [9.17, 15) is 91.1 Å². The van der Waals surface area contributed by atoms with E-state index in [-0.39, 0.29) is 82.7 Å². The van der Waals surface area contributed by atoms with Crippen molar-refractivity contribution in [2.24, 2.45) is 0 Å². The lowest BCUT2D eigenvalue weighted by molar-refractivity contribution is -0.155. The summed E-state index contributed by atoms with van der Waals surface area (Å²) in [5.74, 6) is -12.0. The van der Waals surface area contributed by atoms with Gasteiger partial charge in [0.25, 0.3) is 29.5 Å². The molecule has 5 atom stereocenters. The zero-order valence-corrected chi connectivity index (χ0v) is 82.1. The Bertz CT molecular complexity index is 3950. The van der Waals surface area contributed by atoms with Crippen molar-refractivity contribution in [2.75, 3.05) is 113 Å². The van der Waals surface area contributed by atoms with Crippen molar-refractivity contribution in [3.8, 4) is 0 Å². The number of amides is 9. The molecule has 9 amide bonds. The van der Waals surface area contributed by atoms with Crippen LogP contribution in [0.1, 0.15) is 121 Å². The van der Waals surface area contributed by atoms with Crippen molar-refractivity contribution in [1.29, 1.82) is 0 Å². The Morgan fingerprint density at radius 2 is 0.376 bits per heavy atom. The zero-order valence-electron chi connectivity index (χ0n) is 62.7. The maximum Gasteiger partial charge on any atom is 0.411 e. The average Bonchev–Trinajstić information content (AvgIpc) is 0.779. The third-order valence-corrected chi connectivity index (χ3v) is 23.3. The molecule has 0 bridgehead atoms. The molecule has 0 aliphatic rings. The lowest BCUT2D eigenvalue weighted by atomic mass is 10.1. The van der Waals surface area contributed by atoms with Crippen molar-refractivity contribution in [3.63, 3.8) is 0 Å². The van der Waals surface area contributed by atoms with Gasteiger partial charge in [0.2, 0.25) is 0 Å². The Morgan fingerprint density at radius 3 is 0.530 bits per heavy atom. The van der Waals surface area contributed by atoms with Gasteiger partial charge in [-0.05, 0) is 203 Å². The predicted molar refractivity (Wildman–Crippen MR) is 476 cm³/mol. The Balaban J connectivity index is 2.01. The molecular weight excluding hydrogens is 2590 g/mol. The van der Waals surface area contributed by atoms with Gasteiger partial charge in [-0.2, -0.15) is 0 Å². The molecule has 0 radical (unpaired) electrons. The van der Waals surface area contributed by atoms with Crippen molar-refractivity contribution < 1.29 is 157 Å². The second-order valence-corrected chi connectivity index (χ2v) is 32.7.